The van der Waals surface area contributed by atoms with Crippen molar-refractivity contribution in [2.75, 3.05) is 5.32 Å². The molecule has 1 aromatic carbocycles. The van der Waals surface area contributed by atoms with E-state index in [2.05, 4.69) is 32.7 Å². The van der Waals surface area contributed by atoms with Gasteiger partial charge in [-0.1, -0.05) is 11.8 Å². The van der Waals surface area contributed by atoms with Crippen LogP contribution < -0.4 is 16.3 Å². The number of nitrogens with zero attached hydrogens (tertiary/aromatic N) is 2. The SMILES string of the molecule is Cc1n[nH]c(=O)n1Cc1cc2c(cc1F)[C@@](C#CC1CC1)(C(C)(F)F)NC(=O)N2. The topological polar surface area (TPSA) is 91.8 Å². The minimum atomic E-state index is -3.48. The molecule has 1 saturated carbocycles. The van der Waals surface area contributed by atoms with Crippen LogP contribution >= 0.6 is 0 Å². The highest BCUT2D eigenvalue weighted by atomic mass is 19.3. The highest BCUT2D eigenvalue weighted by molar-refractivity contribution is 5.95. The number of anilines is 1. The molecule has 3 N–H and O–H groups in total. The van der Waals surface area contributed by atoms with Crippen LogP contribution in [-0.2, 0) is 12.1 Å². The number of hydrogen-bond donors (Lipinski definition) is 3. The maximum absolute atomic E-state index is 14.9. The summed E-state index contributed by atoms with van der Waals surface area (Å²) in [7, 11) is 0. The number of halogens is 3. The molecular formula is C19H18F3N5O2. The van der Waals surface area contributed by atoms with Gasteiger partial charge in [0, 0.05) is 29.7 Å². The first-order valence-corrected chi connectivity index (χ1v) is 9.05. The van der Waals surface area contributed by atoms with E-state index in [0.29, 0.717) is 12.7 Å². The Balaban J connectivity index is 1.85. The third-order valence-corrected chi connectivity index (χ3v) is 5.12. The Morgan fingerprint density at radius 1 is 1.34 bits per heavy atom. The second-order valence-electron chi connectivity index (χ2n) is 7.41. The quantitative estimate of drug-likeness (QED) is 0.685. The van der Waals surface area contributed by atoms with Gasteiger partial charge in [-0.3, -0.25) is 4.57 Å². The lowest BCUT2D eigenvalue weighted by atomic mass is 9.81. The number of benzene rings is 1. The minimum absolute atomic E-state index is 0.00419. The fourth-order valence-corrected chi connectivity index (χ4v) is 3.29. The van der Waals surface area contributed by atoms with Gasteiger partial charge in [0.05, 0.1) is 6.54 Å². The number of fused-ring (bicyclic) bond motifs is 1. The zero-order chi connectivity index (χ0) is 21.0. The van der Waals surface area contributed by atoms with Crippen LogP contribution in [0, 0.1) is 30.5 Å². The number of alkyl halides is 2. The predicted octanol–water partition coefficient (Wildman–Crippen LogP) is 2.47. The number of rotatable bonds is 3. The monoisotopic (exact) mass is 405 g/mol. The van der Waals surface area contributed by atoms with Gasteiger partial charge in [-0.2, -0.15) is 5.10 Å². The molecule has 10 heteroatoms. The van der Waals surface area contributed by atoms with E-state index in [-0.39, 0.29) is 29.3 Å². The van der Waals surface area contributed by atoms with E-state index in [4.69, 9.17) is 0 Å². The molecule has 2 amide bonds. The average molecular weight is 405 g/mol. The van der Waals surface area contributed by atoms with Gasteiger partial charge >= 0.3 is 11.7 Å². The van der Waals surface area contributed by atoms with Crippen molar-refractivity contribution in [3.8, 4) is 11.8 Å². The zero-order valence-corrected chi connectivity index (χ0v) is 15.7. The highest BCUT2D eigenvalue weighted by Gasteiger charge is 2.55. The van der Waals surface area contributed by atoms with Gasteiger partial charge in [0.25, 0.3) is 5.92 Å². The summed E-state index contributed by atoms with van der Waals surface area (Å²) in [5.41, 5.74) is -2.98. The Bertz CT molecular complexity index is 1120. The molecule has 2 aliphatic rings. The summed E-state index contributed by atoms with van der Waals surface area (Å²) < 4.78 is 45.5. The number of amides is 2. The molecule has 1 fully saturated rings. The van der Waals surface area contributed by atoms with E-state index in [9.17, 15) is 22.8 Å². The molecular weight excluding hydrogens is 387 g/mol. The fraction of sp³-hybridized carbons (Fsp3) is 0.421. The van der Waals surface area contributed by atoms with Crippen LogP contribution in [0.5, 0.6) is 0 Å². The molecule has 1 aliphatic heterocycles. The van der Waals surface area contributed by atoms with Gasteiger partial charge in [0.2, 0.25) is 0 Å². The summed E-state index contributed by atoms with van der Waals surface area (Å²) >= 11 is 0. The Hall–Kier alpha value is -3.22. The normalized spacial score (nSPS) is 20.9. The van der Waals surface area contributed by atoms with E-state index in [0.717, 1.165) is 18.9 Å². The molecule has 0 spiro atoms. The second-order valence-corrected chi connectivity index (χ2v) is 7.41. The molecule has 1 atom stereocenters. The Morgan fingerprint density at radius 2 is 2.07 bits per heavy atom. The van der Waals surface area contributed by atoms with Gasteiger partial charge in [-0.05, 0) is 31.9 Å². The summed E-state index contributed by atoms with van der Waals surface area (Å²) in [5, 5.41) is 10.6. The molecule has 152 valence electrons. The number of hydrogen-bond acceptors (Lipinski definition) is 3. The summed E-state index contributed by atoms with van der Waals surface area (Å²) in [4.78, 5) is 24.0. The van der Waals surface area contributed by atoms with Crippen molar-refractivity contribution >= 4 is 11.7 Å². The summed E-state index contributed by atoms with van der Waals surface area (Å²) in [5.74, 6) is 1.36. The van der Waals surface area contributed by atoms with Crippen molar-refractivity contribution in [3.63, 3.8) is 0 Å². The molecule has 4 rings (SSSR count). The number of H-pyrrole nitrogens is 1. The Kier molecular flexibility index (Phi) is 4.22. The molecule has 0 radical (unpaired) electrons. The Labute approximate surface area is 163 Å². The van der Waals surface area contributed by atoms with Crippen LogP contribution in [0.25, 0.3) is 0 Å². The van der Waals surface area contributed by atoms with E-state index >= 15 is 0 Å². The van der Waals surface area contributed by atoms with E-state index in [1.807, 2.05) is 0 Å². The fourth-order valence-electron chi connectivity index (χ4n) is 3.29. The zero-order valence-electron chi connectivity index (χ0n) is 15.7. The van der Waals surface area contributed by atoms with Crippen molar-refractivity contribution in [1.82, 2.24) is 20.1 Å². The predicted molar refractivity (Wildman–Crippen MR) is 98.0 cm³/mol. The first kappa shape index (κ1) is 19.1. The minimum Gasteiger partial charge on any atom is -0.312 e. The van der Waals surface area contributed by atoms with E-state index < -0.39 is 29.0 Å². The molecule has 0 bridgehead atoms. The highest BCUT2D eigenvalue weighted by Crippen LogP contribution is 2.44. The third-order valence-electron chi connectivity index (χ3n) is 5.12. The molecule has 2 heterocycles. The van der Waals surface area contributed by atoms with E-state index in [1.165, 1.54) is 10.6 Å². The van der Waals surface area contributed by atoms with Crippen LogP contribution in [0.1, 0.15) is 36.7 Å². The van der Waals surface area contributed by atoms with Gasteiger partial charge in [-0.25, -0.2) is 27.9 Å². The maximum atomic E-state index is 14.9. The van der Waals surface area contributed by atoms with Gasteiger partial charge < -0.3 is 10.6 Å². The number of nitrogens with one attached hydrogen (secondary N) is 3. The molecule has 1 aromatic heterocycles. The molecule has 0 unspecified atom stereocenters. The smallest absolute Gasteiger partial charge is 0.312 e. The van der Waals surface area contributed by atoms with Gasteiger partial charge in [-0.15, -0.1) is 0 Å². The van der Waals surface area contributed by atoms with Crippen LogP contribution in [0.15, 0.2) is 16.9 Å². The van der Waals surface area contributed by atoms with Crippen LogP contribution in [0.3, 0.4) is 0 Å². The first-order valence-electron chi connectivity index (χ1n) is 9.05. The van der Waals surface area contributed by atoms with Crippen molar-refractivity contribution in [2.45, 2.75) is 44.7 Å². The standard InChI is InChI=1S/C19H18F3N5O2/c1-10-25-26-17(29)27(10)9-12-7-15-13(8-14(12)20)19(18(2,21)22,24-16(28)23-15)6-5-11-3-4-11/h7-8,11H,3-4,9H2,1-2H3,(H,26,29)(H2,23,24,28)/t19-/m0/s1. The molecule has 1 aliphatic carbocycles. The lowest BCUT2D eigenvalue weighted by Gasteiger charge is -2.40. The molecule has 2 aromatic rings. The van der Waals surface area contributed by atoms with Crippen molar-refractivity contribution in [2.24, 2.45) is 5.92 Å². The van der Waals surface area contributed by atoms with Crippen molar-refractivity contribution in [3.05, 3.63) is 45.4 Å². The van der Waals surface area contributed by atoms with Crippen LogP contribution in [0.4, 0.5) is 23.7 Å². The number of aromatic amines is 1. The Morgan fingerprint density at radius 3 is 2.66 bits per heavy atom. The number of carbonyl (C=O) groups is 1. The number of urea groups is 1. The van der Waals surface area contributed by atoms with Crippen LogP contribution in [0.2, 0.25) is 0 Å². The largest absolute Gasteiger partial charge is 0.343 e. The first-order chi connectivity index (χ1) is 13.6. The van der Waals surface area contributed by atoms with Crippen molar-refractivity contribution in [1.29, 1.82) is 0 Å². The van der Waals surface area contributed by atoms with Gasteiger partial charge in [0.1, 0.15) is 11.6 Å². The van der Waals surface area contributed by atoms with Gasteiger partial charge in [0.15, 0.2) is 5.54 Å². The molecule has 0 saturated heterocycles. The van der Waals surface area contributed by atoms with Crippen molar-refractivity contribution < 1.29 is 18.0 Å². The lowest BCUT2D eigenvalue weighted by molar-refractivity contribution is -0.0465. The summed E-state index contributed by atoms with van der Waals surface area (Å²) in [6.07, 6.45) is 1.62. The van der Waals surface area contributed by atoms with E-state index in [1.54, 1.807) is 6.92 Å². The second kappa shape index (κ2) is 6.40. The molecule has 7 nitrogen and oxygen atoms in total. The lowest BCUT2D eigenvalue weighted by Crippen LogP contribution is -2.59. The number of carbonyl (C=O) groups excluding carboxylic acids is 1. The number of aromatic nitrogens is 3. The summed E-state index contributed by atoms with van der Waals surface area (Å²) in [6.45, 7) is 2.03. The maximum Gasteiger partial charge on any atom is 0.343 e. The number of aryl methyl sites for hydroxylation is 1. The summed E-state index contributed by atoms with van der Waals surface area (Å²) in [6, 6.07) is 1.33. The molecule has 29 heavy (non-hydrogen) atoms. The third kappa shape index (κ3) is 3.26. The van der Waals surface area contributed by atoms with Crippen LogP contribution in [-0.4, -0.2) is 26.7 Å². The average Bonchev–Trinajstić information content (AvgIpc) is 3.41.